The van der Waals surface area contributed by atoms with Crippen molar-refractivity contribution in [3.63, 3.8) is 0 Å². The predicted octanol–water partition coefficient (Wildman–Crippen LogP) is 3.86. The lowest BCUT2D eigenvalue weighted by Gasteiger charge is -2.01. The van der Waals surface area contributed by atoms with Crippen LogP contribution in [0, 0.1) is 6.85 Å². The maximum atomic E-state index is 8.09. The monoisotopic (exact) mass is 228 g/mol. The molecular formula is C9H13BrO. The molecule has 2 heteroatoms. The van der Waals surface area contributed by atoms with Crippen LogP contribution >= 0.6 is 15.9 Å². The zero-order valence-corrected chi connectivity index (χ0v) is 6.95. The minimum absolute atomic E-state index is 0.199. The van der Waals surface area contributed by atoms with Gasteiger partial charge in [0.15, 0.2) is 0 Å². The van der Waals surface area contributed by atoms with Gasteiger partial charge in [-0.2, -0.15) is 0 Å². The van der Waals surface area contributed by atoms with Crippen molar-refractivity contribution in [2.24, 2.45) is 0 Å². The highest BCUT2D eigenvalue weighted by Gasteiger charge is 2.09. The molecule has 1 heterocycles. The van der Waals surface area contributed by atoms with E-state index in [9.17, 15) is 0 Å². The van der Waals surface area contributed by atoms with Crippen molar-refractivity contribution < 1.29 is 20.9 Å². The Kier molecular flexibility index (Phi) is 0.618. The minimum atomic E-state index is -3.53. The Morgan fingerprint density at radius 3 is 3.45 bits per heavy atom. The molecule has 62 valence electrons. The average molecular weight is 229 g/mol. The molecule has 1 nitrogen and oxygen atoms in total. The molecule has 0 bridgehead atoms. The Morgan fingerprint density at radius 2 is 2.91 bits per heavy atom. The largest absolute Gasteiger partial charge is 0.465 e. The van der Waals surface area contributed by atoms with Gasteiger partial charge in [-0.3, -0.25) is 0 Å². The molecule has 0 N–H and O–H groups in total. The third-order valence-corrected chi connectivity index (χ3v) is 1.65. The second kappa shape index (κ2) is 3.44. The van der Waals surface area contributed by atoms with Crippen molar-refractivity contribution in [2.45, 2.75) is 32.8 Å². The van der Waals surface area contributed by atoms with Crippen LogP contribution < -0.4 is 0 Å². The summed E-state index contributed by atoms with van der Waals surface area (Å²) in [6, 6.07) is 0.810. The maximum absolute atomic E-state index is 8.09. The van der Waals surface area contributed by atoms with E-state index in [4.69, 9.17) is 20.9 Å². The lowest BCUT2D eigenvalue weighted by atomic mass is 10.1. The van der Waals surface area contributed by atoms with Gasteiger partial charge >= 0.3 is 0 Å². The van der Waals surface area contributed by atoms with Crippen LogP contribution in [0.15, 0.2) is 15.0 Å². The smallest absolute Gasteiger partial charge is 0.115 e. The highest BCUT2D eigenvalue weighted by Crippen LogP contribution is 2.27. The molecule has 0 spiro atoms. The number of hydrogen-bond acceptors (Lipinski definition) is 1. The van der Waals surface area contributed by atoms with E-state index >= 15 is 0 Å². The summed E-state index contributed by atoms with van der Waals surface area (Å²) in [5.74, 6) is -4.93. The molecule has 1 rings (SSSR count). The number of aryl methyl sites for hydroxylation is 1. The van der Waals surface area contributed by atoms with E-state index in [0.717, 1.165) is 6.07 Å². The maximum Gasteiger partial charge on any atom is 0.115 e. The van der Waals surface area contributed by atoms with Gasteiger partial charge in [-0.25, -0.2) is 0 Å². The van der Waals surface area contributed by atoms with Gasteiger partial charge in [0.1, 0.15) is 11.5 Å². The summed E-state index contributed by atoms with van der Waals surface area (Å²) in [5.41, 5.74) is 0. The van der Waals surface area contributed by atoms with Gasteiger partial charge in [-0.05, 0) is 35.2 Å². The van der Waals surface area contributed by atoms with Crippen LogP contribution in [0.4, 0.5) is 0 Å². The summed E-state index contributed by atoms with van der Waals surface area (Å²) in [5, 5.41) is 0. The lowest BCUT2D eigenvalue weighted by molar-refractivity contribution is 0.448. The third kappa shape index (κ3) is 1.86. The van der Waals surface area contributed by atoms with E-state index in [1.165, 1.54) is 0 Å². The molecule has 0 aliphatic heterocycles. The molecule has 1 unspecified atom stereocenters. The van der Waals surface area contributed by atoms with Gasteiger partial charge in [0, 0.05) is 22.3 Å². The van der Waals surface area contributed by atoms with Gasteiger partial charge in [0.25, 0.3) is 0 Å². The molecule has 0 aromatic carbocycles. The fourth-order valence-electron chi connectivity index (χ4n) is 0.554. The molecular weight excluding hydrogens is 204 g/mol. The summed E-state index contributed by atoms with van der Waals surface area (Å²) in [7, 11) is 0. The summed E-state index contributed by atoms with van der Waals surface area (Å²) in [4.78, 5) is 0. The molecule has 1 atom stereocenters. The Bertz CT molecular complexity index is 579. The van der Waals surface area contributed by atoms with E-state index in [1.54, 1.807) is 0 Å². The lowest BCUT2D eigenvalue weighted by Crippen LogP contribution is -1.86. The number of rotatable bonds is 2. The Morgan fingerprint density at radius 1 is 2.00 bits per heavy atom. The predicted molar refractivity (Wildman–Crippen MR) is 49.9 cm³/mol. The Hall–Kier alpha value is -0.240. The number of halogens is 1. The summed E-state index contributed by atoms with van der Waals surface area (Å²) >= 11 is 2.85. The first kappa shape index (κ1) is 1.98. The quantitative estimate of drug-likeness (QED) is 0.750. The molecule has 1 aromatic heterocycles. The van der Waals surface area contributed by atoms with Crippen LogP contribution in [0.2, 0.25) is 0 Å². The molecule has 0 aliphatic carbocycles. The first-order valence-corrected chi connectivity index (χ1v) is 3.47. The fourth-order valence-corrected chi connectivity index (χ4v) is 0.842. The van der Waals surface area contributed by atoms with E-state index in [1.807, 2.05) is 0 Å². The Labute approximate surface area is 92.8 Å². The van der Waals surface area contributed by atoms with E-state index < -0.39 is 44.3 Å². The highest BCUT2D eigenvalue weighted by atomic mass is 79.9. The molecule has 0 aliphatic rings. The second-order valence-electron chi connectivity index (χ2n) is 1.79. The SMILES string of the molecule is [2H]C([2H])([2H])c1oc(C([2H])(C([2H])([2H])[2H])C([2H])([2H])C([2H])([2H])[2H])cc1Br. The fraction of sp³-hybridized carbons (Fsp3) is 0.556. The second-order valence-corrected chi connectivity index (χ2v) is 2.64. The molecule has 11 heavy (non-hydrogen) atoms. The summed E-state index contributed by atoms with van der Waals surface area (Å²) in [6.07, 6.45) is -3.53. The average Bonchev–Trinajstić information content (AvgIpc) is 2.66. The summed E-state index contributed by atoms with van der Waals surface area (Å²) < 4.78 is 94.0. The van der Waals surface area contributed by atoms with Crippen molar-refractivity contribution in [3.05, 3.63) is 22.1 Å². The molecule has 0 saturated heterocycles. The van der Waals surface area contributed by atoms with Crippen LogP contribution in [0.3, 0.4) is 0 Å². The van der Waals surface area contributed by atoms with Gasteiger partial charge < -0.3 is 4.42 Å². The van der Waals surface area contributed by atoms with Gasteiger partial charge in [0.05, 0.1) is 4.47 Å². The van der Waals surface area contributed by atoms with Crippen molar-refractivity contribution in [3.8, 4) is 0 Å². The van der Waals surface area contributed by atoms with Crippen molar-refractivity contribution in [1.29, 1.82) is 0 Å². The molecule has 0 saturated carbocycles. The molecule has 1 aromatic rings. The number of furan rings is 1. The topological polar surface area (TPSA) is 13.1 Å². The van der Waals surface area contributed by atoms with E-state index in [0.29, 0.717) is 0 Å². The molecule has 0 fully saturated rings. The molecule has 0 amide bonds. The van der Waals surface area contributed by atoms with Crippen LogP contribution in [0.25, 0.3) is 0 Å². The summed E-state index contributed by atoms with van der Waals surface area (Å²) in [6.45, 7) is -9.68. The first-order valence-electron chi connectivity index (χ1n) is 8.67. The highest BCUT2D eigenvalue weighted by molar-refractivity contribution is 9.10. The van der Waals surface area contributed by atoms with E-state index in [2.05, 4.69) is 15.9 Å². The van der Waals surface area contributed by atoms with E-state index in [-0.39, 0.29) is 4.47 Å². The normalized spacial score (nSPS) is 37.2. The standard InChI is InChI=1S/C9H13BrO/c1-4-6(2)9-5-8(10)7(3)11-9/h5-6H,4H2,1-3H3/i1D3,2D3,3D3,4D2,6D. The molecule has 0 radical (unpaired) electrons. The third-order valence-electron chi connectivity index (χ3n) is 1.06. The van der Waals surface area contributed by atoms with Gasteiger partial charge in [-0.1, -0.05) is 13.7 Å². The van der Waals surface area contributed by atoms with Crippen molar-refractivity contribution in [2.75, 3.05) is 0 Å². The Balaban J connectivity index is 3.71. The number of hydrogen-bond donors (Lipinski definition) is 0. The van der Waals surface area contributed by atoms with Crippen LogP contribution in [-0.4, -0.2) is 0 Å². The van der Waals surface area contributed by atoms with Crippen LogP contribution in [-0.2, 0) is 0 Å². The van der Waals surface area contributed by atoms with Gasteiger partial charge in [-0.15, -0.1) is 0 Å². The first-order chi connectivity index (χ1) is 9.87. The van der Waals surface area contributed by atoms with Crippen molar-refractivity contribution >= 4 is 15.9 Å². The minimum Gasteiger partial charge on any atom is -0.465 e. The zero-order chi connectivity index (χ0) is 18.6. The van der Waals surface area contributed by atoms with Crippen molar-refractivity contribution in [1.82, 2.24) is 0 Å². The van der Waals surface area contributed by atoms with Crippen LogP contribution in [0.5, 0.6) is 0 Å². The zero-order valence-electron chi connectivity index (χ0n) is 17.4. The van der Waals surface area contributed by atoms with Gasteiger partial charge in [0.2, 0.25) is 0 Å². The van der Waals surface area contributed by atoms with Crippen LogP contribution in [0.1, 0.15) is 53.9 Å².